The van der Waals surface area contributed by atoms with Gasteiger partial charge in [0.15, 0.2) is 0 Å². The molecule has 0 aliphatic carbocycles. The Morgan fingerprint density at radius 3 is 2.22 bits per heavy atom. The maximum absolute atomic E-state index is 13.9. The van der Waals surface area contributed by atoms with E-state index in [1.807, 2.05) is 51.1 Å². The molecular formula is C37H42F2N4O3. The number of carbonyl (C=O) groups is 2. The van der Waals surface area contributed by atoms with Crippen LogP contribution in [0.3, 0.4) is 0 Å². The van der Waals surface area contributed by atoms with Crippen LogP contribution in [0.1, 0.15) is 64.1 Å². The maximum atomic E-state index is 13.9. The van der Waals surface area contributed by atoms with Crippen molar-refractivity contribution in [2.24, 2.45) is 5.73 Å². The fraction of sp³-hybridized carbons (Fsp3) is 0.324. The van der Waals surface area contributed by atoms with Gasteiger partial charge in [0.2, 0.25) is 0 Å². The highest BCUT2D eigenvalue weighted by Crippen LogP contribution is 2.20. The quantitative estimate of drug-likeness (QED) is 0.146. The number of aromatic nitrogens is 1. The molecule has 46 heavy (non-hydrogen) atoms. The van der Waals surface area contributed by atoms with Crippen molar-refractivity contribution in [2.45, 2.75) is 58.7 Å². The summed E-state index contributed by atoms with van der Waals surface area (Å²) in [5.74, 6) is -2.19. The van der Waals surface area contributed by atoms with E-state index in [4.69, 9.17) is 10.5 Å². The van der Waals surface area contributed by atoms with E-state index >= 15 is 0 Å². The Morgan fingerprint density at radius 2 is 1.54 bits per heavy atom. The zero-order chi connectivity index (χ0) is 33.1. The van der Waals surface area contributed by atoms with Crippen molar-refractivity contribution in [3.8, 4) is 11.1 Å². The van der Waals surface area contributed by atoms with Gasteiger partial charge in [-0.25, -0.2) is 13.6 Å². The Balaban J connectivity index is 1.53. The predicted molar refractivity (Wildman–Crippen MR) is 176 cm³/mol. The molecule has 242 valence electrons. The monoisotopic (exact) mass is 628 g/mol. The van der Waals surface area contributed by atoms with Crippen molar-refractivity contribution in [2.75, 3.05) is 19.6 Å². The highest BCUT2D eigenvalue weighted by Gasteiger charge is 2.25. The molecule has 4 aromatic rings. The molecule has 3 aromatic carbocycles. The Bertz CT molecular complexity index is 1590. The van der Waals surface area contributed by atoms with E-state index in [0.717, 1.165) is 41.2 Å². The number of pyridine rings is 1. The fourth-order valence-corrected chi connectivity index (χ4v) is 5.44. The lowest BCUT2D eigenvalue weighted by molar-refractivity contribution is 0.0238. The van der Waals surface area contributed by atoms with Crippen molar-refractivity contribution < 1.29 is 23.1 Å². The summed E-state index contributed by atoms with van der Waals surface area (Å²) >= 11 is 0. The summed E-state index contributed by atoms with van der Waals surface area (Å²) in [5, 5.41) is 3.33. The van der Waals surface area contributed by atoms with Gasteiger partial charge in [-0.3, -0.25) is 9.78 Å². The number of aryl methyl sites for hydroxylation is 1. The zero-order valence-electron chi connectivity index (χ0n) is 26.6. The number of nitrogens with one attached hydrogen (secondary N) is 1. The number of hydrogen-bond acceptors (Lipinski definition) is 6. The molecule has 9 heteroatoms. The standard InChI is InChI=1S/C37H42F2N4O3/c1-4-13-43(14-5-2)36(44)30-15-25(3)16-31(21-30)37(45)46-35(34(40)20-27-18-32(38)22-33(39)19-27)24-42-23-26-7-6-8-29(17-26)28-9-11-41-12-10-28/h6-12,15-19,21-22,34-35,42H,4-5,13-14,20,23-24,40H2,1-3H3. The molecule has 0 fully saturated rings. The van der Waals surface area contributed by atoms with E-state index in [2.05, 4.69) is 16.4 Å². The van der Waals surface area contributed by atoms with E-state index in [1.54, 1.807) is 35.5 Å². The van der Waals surface area contributed by atoms with Crippen molar-refractivity contribution in [3.05, 3.63) is 125 Å². The number of benzene rings is 3. The van der Waals surface area contributed by atoms with Crippen molar-refractivity contribution in [1.29, 1.82) is 0 Å². The van der Waals surface area contributed by atoms with Crippen LogP contribution in [0, 0.1) is 18.6 Å². The van der Waals surface area contributed by atoms with Crippen LogP contribution in [0.2, 0.25) is 0 Å². The number of amides is 1. The Morgan fingerprint density at radius 1 is 0.870 bits per heavy atom. The molecule has 0 spiro atoms. The number of nitrogens with two attached hydrogens (primary N) is 1. The van der Waals surface area contributed by atoms with Gasteiger partial charge in [-0.15, -0.1) is 0 Å². The molecule has 1 aromatic heterocycles. The summed E-state index contributed by atoms with van der Waals surface area (Å²) in [6.45, 7) is 7.74. The first-order valence-corrected chi connectivity index (χ1v) is 15.7. The topological polar surface area (TPSA) is 97.5 Å². The van der Waals surface area contributed by atoms with Gasteiger partial charge < -0.3 is 20.7 Å². The van der Waals surface area contributed by atoms with Crippen LogP contribution in [0.4, 0.5) is 8.78 Å². The molecule has 3 N–H and O–H groups in total. The van der Waals surface area contributed by atoms with Crippen LogP contribution in [0.15, 0.2) is 85.2 Å². The molecule has 1 heterocycles. The van der Waals surface area contributed by atoms with Crippen LogP contribution >= 0.6 is 0 Å². The van der Waals surface area contributed by atoms with Crippen LogP contribution in [-0.2, 0) is 17.7 Å². The molecule has 0 bridgehead atoms. The Hall–Kier alpha value is -4.47. The Labute approximate surface area is 269 Å². The summed E-state index contributed by atoms with van der Waals surface area (Å²) < 4.78 is 33.8. The molecule has 0 radical (unpaired) electrons. The fourth-order valence-electron chi connectivity index (χ4n) is 5.44. The van der Waals surface area contributed by atoms with Crippen LogP contribution in [0.5, 0.6) is 0 Å². The van der Waals surface area contributed by atoms with Crippen LogP contribution in [0.25, 0.3) is 11.1 Å². The van der Waals surface area contributed by atoms with Gasteiger partial charge in [0.25, 0.3) is 5.91 Å². The van der Waals surface area contributed by atoms with Gasteiger partial charge in [0, 0.05) is 56.2 Å². The third kappa shape index (κ3) is 9.76. The maximum Gasteiger partial charge on any atom is 0.338 e. The molecular weight excluding hydrogens is 586 g/mol. The van der Waals surface area contributed by atoms with E-state index in [9.17, 15) is 18.4 Å². The lowest BCUT2D eigenvalue weighted by atomic mass is 10.0. The first-order chi connectivity index (χ1) is 22.2. The van der Waals surface area contributed by atoms with Crippen molar-refractivity contribution in [3.63, 3.8) is 0 Å². The summed E-state index contributed by atoms with van der Waals surface area (Å²) in [7, 11) is 0. The summed E-state index contributed by atoms with van der Waals surface area (Å²) in [5.41, 5.74) is 11.4. The number of halogens is 2. The molecule has 2 unspecified atom stereocenters. The minimum absolute atomic E-state index is 0.0758. The molecule has 4 rings (SSSR count). The number of nitrogens with zero attached hydrogens (tertiary/aromatic N) is 2. The second-order valence-corrected chi connectivity index (χ2v) is 11.5. The third-order valence-electron chi connectivity index (χ3n) is 7.58. The minimum Gasteiger partial charge on any atom is -0.456 e. The van der Waals surface area contributed by atoms with Gasteiger partial charge in [0.05, 0.1) is 5.56 Å². The second-order valence-electron chi connectivity index (χ2n) is 11.5. The average molecular weight is 629 g/mol. The van der Waals surface area contributed by atoms with Gasteiger partial charge in [-0.05, 0) is 103 Å². The summed E-state index contributed by atoms with van der Waals surface area (Å²) in [4.78, 5) is 32.7. The molecule has 0 aliphatic rings. The Kier molecular flexibility index (Phi) is 12.5. The number of rotatable bonds is 15. The molecule has 7 nitrogen and oxygen atoms in total. The first kappa shape index (κ1) is 34.4. The first-order valence-electron chi connectivity index (χ1n) is 15.7. The number of esters is 1. The molecule has 0 aliphatic heterocycles. The second kappa shape index (κ2) is 16.7. The van der Waals surface area contributed by atoms with Gasteiger partial charge >= 0.3 is 5.97 Å². The van der Waals surface area contributed by atoms with Crippen LogP contribution < -0.4 is 11.1 Å². The van der Waals surface area contributed by atoms with E-state index in [-0.39, 0.29) is 24.4 Å². The third-order valence-corrected chi connectivity index (χ3v) is 7.58. The molecule has 0 saturated heterocycles. The van der Waals surface area contributed by atoms with Gasteiger partial charge in [0.1, 0.15) is 17.7 Å². The summed E-state index contributed by atoms with van der Waals surface area (Å²) in [6, 6.07) is 19.3. The number of ether oxygens (including phenoxy) is 1. The molecule has 0 saturated carbocycles. The van der Waals surface area contributed by atoms with E-state index in [0.29, 0.717) is 30.8 Å². The molecule has 2 atom stereocenters. The molecule has 1 amide bonds. The normalized spacial score (nSPS) is 12.4. The SMILES string of the molecule is CCCN(CCC)C(=O)c1cc(C)cc(C(=O)OC(CNCc2cccc(-c3ccncc3)c2)C(N)Cc2cc(F)cc(F)c2)c1. The van der Waals surface area contributed by atoms with Crippen LogP contribution in [-0.4, -0.2) is 53.5 Å². The highest BCUT2D eigenvalue weighted by molar-refractivity contribution is 5.98. The van der Waals surface area contributed by atoms with E-state index < -0.39 is 29.7 Å². The van der Waals surface area contributed by atoms with Crippen molar-refractivity contribution >= 4 is 11.9 Å². The van der Waals surface area contributed by atoms with Gasteiger partial charge in [-0.1, -0.05) is 32.0 Å². The summed E-state index contributed by atoms with van der Waals surface area (Å²) in [6.07, 6.45) is 4.35. The minimum atomic E-state index is -0.849. The zero-order valence-corrected chi connectivity index (χ0v) is 26.6. The number of hydrogen-bond donors (Lipinski definition) is 2. The predicted octanol–water partition coefficient (Wildman–Crippen LogP) is 6.48. The largest absolute Gasteiger partial charge is 0.456 e. The average Bonchev–Trinajstić information content (AvgIpc) is 3.03. The number of carbonyl (C=O) groups excluding carboxylic acids is 2. The van der Waals surface area contributed by atoms with E-state index in [1.165, 1.54) is 12.1 Å². The smallest absolute Gasteiger partial charge is 0.338 e. The van der Waals surface area contributed by atoms with Crippen molar-refractivity contribution in [1.82, 2.24) is 15.2 Å². The lowest BCUT2D eigenvalue weighted by Gasteiger charge is -2.25. The highest BCUT2D eigenvalue weighted by atomic mass is 19.1. The lowest BCUT2D eigenvalue weighted by Crippen LogP contribution is -2.46. The van der Waals surface area contributed by atoms with Gasteiger partial charge in [-0.2, -0.15) is 0 Å².